The SMILES string of the molecule is CC.CNCCNC(=O)c1ccc(S(C)(C)C)cc1. The van der Waals surface area contributed by atoms with Crippen LogP contribution < -0.4 is 10.6 Å². The molecular formula is C15H28N2OS. The zero-order valence-electron chi connectivity index (χ0n) is 13.0. The molecule has 0 heterocycles. The maximum absolute atomic E-state index is 11.7. The van der Waals surface area contributed by atoms with E-state index in [0.29, 0.717) is 6.54 Å². The van der Waals surface area contributed by atoms with Crippen LogP contribution in [0.15, 0.2) is 29.2 Å². The van der Waals surface area contributed by atoms with Crippen molar-refractivity contribution in [3.63, 3.8) is 0 Å². The van der Waals surface area contributed by atoms with Crippen LogP contribution >= 0.6 is 10.0 Å². The molecule has 1 amide bonds. The summed E-state index contributed by atoms with van der Waals surface area (Å²) in [6.07, 6.45) is 6.74. The number of nitrogens with one attached hydrogen (secondary N) is 2. The molecule has 1 aromatic rings. The third kappa shape index (κ3) is 6.64. The first-order valence-corrected chi connectivity index (χ1v) is 9.52. The Morgan fingerprint density at radius 3 is 2.00 bits per heavy atom. The minimum Gasteiger partial charge on any atom is -0.351 e. The fraction of sp³-hybridized carbons (Fsp3) is 0.533. The van der Waals surface area contributed by atoms with Crippen molar-refractivity contribution >= 4 is 15.9 Å². The maximum atomic E-state index is 11.7. The molecule has 0 spiro atoms. The number of hydrogen-bond donors (Lipinski definition) is 2. The predicted octanol–water partition coefficient (Wildman–Crippen LogP) is 2.71. The van der Waals surface area contributed by atoms with Gasteiger partial charge in [0.15, 0.2) is 0 Å². The van der Waals surface area contributed by atoms with Crippen LogP contribution in [0, 0.1) is 0 Å². The first-order valence-electron chi connectivity index (χ1n) is 6.66. The minimum absolute atomic E-state index is 0.00397. The first kappa shape index (κ1) is 18.0. The normalized spacial score (nSPS) is 11.3. The fourth-order valence-electron chi connectivity index (χ4n) is 1.42. The first-order chi connectivity index (χ1) is 8.95. The lowest BCUT2D eigenvalue weighted by molar-refractivity contribution is 0.0954. The molecule has 4 heteroatoms. The average molecular weight is 284 g/mol. The quantitative estimate of drug-likeness (QED) is 0.816. The van der Waals surface area contributed by atoms with E-state index in [0.717, 1.165) is 12.1 Å². The maximum Gasteiger partial charge on any atom is 0.251 e. The summed E-state index contributed by atoms with van der Waals surface area (Å²) >= 11 is 0. The number of likely N-dealkylation sites (N-methyl/N-ethyl adjacent to an activating group) is 1. The van der Waals surface area contributed by atoms with Crippen LogP contribution in [0.3, 0.4) is 0 Å². The Morgan fingerprint density at radius 1 is 1.05 bits per heavy atom. The van der Waals surface area contributed by atoms with Gasteiger partial charge in [-0.25, -0.2) is 10.0 Å². The molecule has 2 N–H and O–H groups in total. The summed E-state index contributed by atoms with van der Waals surface area (Å²) in [5.74, 6) is -0.00397. The summed E-state index contributed by atoms with van der Waals surface area (Å²) in [4.78, 5) is 13.1. The summed E-state index contributed by atoms with van der Waals surface area (Å²) in [5.41, 5.74) is 0.730. The molecule has 0 aliphatic heterocycles. The molecule has 0 unspecified atom stereocenters. The van der Waals surface area contributed by atoms with Crippen LogP contribution in [0.25, 0.3) is 0 Å². The molecular weight excluding hydrogens is 256 g/mol. The zero-order valence-corrected chi connectivity index (χ0v) is 13.9. The molecule has 110 valence electrons. The highest BCUT2D eigenvalue weighted by molar-refractivity contribution is 8.32. The molecule has 19 heavy (non-hydrogen) atoms. The molecule has 0 aliphatic carbocycles. The van der Waals surface area contributed by atoms with Crippen LogP contribution in [0.5, 0.6) is 0 Å². The lowest BCUT2D eigenvalue weighted by Crippen LogP contribution is -2.30. The van der Waals surface area contributed by atoms with Gasteiger partial charge in [0, 0.05) is 18.7 Å². The summed E-state index contributed by atoms with van der Waals surface area (Å²) in [7, 11) is 1.16. The van der Waals surface area contributed by atoms with Crippen molar-refractivity contribution in [3.05, 3.63) is 29.8 Å². The topological polar surface area (TPSA) is 41.1 Å². The fourth-order valence-corrected chi connectivity index (χ4v) is 2.37. The Labute approximate surface area is 119 Å². The number of rotatable bonds is 5. The Balaban J connectivity index is 0.00000154. The van der Waals surface area contributed by atoms with Gasteiger partial charge < -0.3 is 10.6 Å². The van der Waals surface area contributed by atoms with E-state index in [1.807, 2.05) is 33.0 Å². The summed E-state index contributed by atoms with van der Waals surface area (Å²) < 4.78 is 0. The van der Waals surface area contributed by atoms with Gasteiger partial charge in [-0.2, -0.15) is 0 Å². The molecule has 1 rings (SSSR count). The molecule has 0 radical (unpaired) electrons. The van der Waals surface area contributed by atoms with E-state index in [-0.39, 0.29) is 5.91 Å². The van der Waals surface area contributed by atoms with E-state index in [4.69, 9.17) is 0 Å². The molecule has 1 aromatic carbocycles. The standard InChI is InChI=1S/C13H22N2OS.C2H6/c1-14-9-10-15-13(16)11-5-7-12(8-6-11)17(2,3)4;1-2/h5-8,14H,9-10H2,1-4H3,(H,15,16);1-2H3. The highest BCUT2D eigenvalue weighted by atomic mass is 32.3. The smallest absolute Gasteiger partial charge is 0.251 e. The third-order valence-corrected chi connectivity index (χ3v) is 4.17. The number of benzene rings is 1. The molecule has 0 fully saturated rings. The molecule has 0 aliphatic rings. The minimum atomic E-state index is -0.708. The van der Waals surface area contributed by atoms with Crippen LogP contribution in [0.1, 0.15) is 24.2 Å². The second kappa shape index (κ2) is 8.99. The van der Waals surface area contributed by atoms with E-state index in [1.54, 1.807) is 0 Å². The summed E-state index contributed by atoms with van der Waals surface area (Å²) in [5, 5.41) is 5.86. The van der Waals surface area contributed by atoms with Crippen molar-refractivity contribution in [3.8, 4) is 0 Å². The van der Waals surface area contributed by atoms with Gasteiger partial charge in [-0.05, 0) is 55.0 Å². The van der Waals surface area contributed by atoms with Crippen molar-refractivity contribution in [1.29, 1.82) is 0 Å². The van der Waals surface area contributed by atoms with Crippen molar-refractivity contribution < 1.29 is 4.79 Å². The van der Waals surface area contributed by atoms with Gasteiger partial charge in [-0.1, -0.05) is 13.8 Å². The van der Waals surface area contributed by atoms with Crippen molar-refractivity contribution in [2.75, 3.05) is 38.9 Å². The Hall–Kier alpha value is -1.00. The summed E-state index contributed by atoms with van der Waals surface area (Å²) in [6, 6.07) is 7.93. The van der Waals surface area contributed by atoms with Crippen molar-refractivity contribution in [1.82, 2.24) is 10.6 Å². The lowest BCUT2D eigenvalue weighted by Gasteiger charge is -2.25. The third-order valence-electron chi connectivity index (χ3n) is 2.48. The Bertz CT molecular complexity index is 369. The number of carbonyl (C=O) groups excluding carboxylic acids is 1. The predicted molar refractivity (Wildman–Crippen MR) is 87.7 cm³/mol. The average Bonchev–Trinajstić information content (AvgIpc) is 2.40. The lowest BCUT2D eigenvalue weighted by atomic mass is 10.2. The number of hydrogen-bond acceptors (Lipinski definition) is 2. The molecule has 0 aromatic heterocycles. The number of amides is 1. The van der Waals surface area contributed by atoms with E-state index >= 15 is 0 Å². The Kier molecular flexibility index (Phi) is 8.52. The van der Waals surface area contributed by atoms with Crippen LogP contribution in [-0.2, 0) is 0 Å². The van der Waals surface area contributed by atoms with Gasteiger partial charge in [0.2, 0.25) is 0 Å². The van der Waals surface area contributed by atoms with Crippen molar-refractivity contribution in [2.24, 2.45) is 0 Å². The van der Waals surface area contributed by atoms with Crippen LogP contribution in [-0.4, -0.2) is 44.8 Å². The number of carbonyl (C=O) groups is 1. The van der Waals surface area contributed by atoms with Gasteiger partial charge in [-0.3, -0.25) is 4.79 Å². The monoisotopic (exact) mass is 284 g/mol. The van der Waals surface area contributed by atoms with Gasteiger partial charge in [0.05, 0.1) is 0 Å². The van der Waals surface area contributed by atoms with E-state index < -0.39 is 10.0 Å². The Morgan fingerprint density at radius 2 is 1.58 bits per heavy atom. The van der Waals surface area contributed by atoms with Crippen LogP contribution in [0.2, 0.25) is 0 Å². The summed E-state index contributed by atoms with van der Waals surface area (Å²) in [6.45, 7) is 5.44. The highest BCUT2D eigenvalue weighted by Crippen LogP contribution is 2.44. The van der Waals surface area contributed by atoms with E-state index in [2.05, 4.69) is 41.5 Å². The molecule has 0 saturated heterocycles. The van der Waals surface area contributed by atoms with Gasteiger partial charge >= 0.3 is 0 Å². The molecule has 3 nitrogen and oxygen atoms in total. The largest absolute Gasteiger partial charge is 0.351 e. The van der Waals surface area contributed by atoms with Gasteiger partial charge in [0.25, 0.3) is 5.91 Å². The van der Waals surface area contributed by atoms with Crippen LogP contribution in [0.4, 0.5) is 0 Å². The molecule has 0 bridgehead atoms. The molecule has 0 atom stereocenters. The highest BCUT2D eigenvalue weighted by Gasteiger charge is 2.09. The van der Waals surface area contributed by atoms with Crippen molar-refractivity contribution in [2.45, 2.75) is 18.7 Å². The second-order valence-corrected chi connectivity index (χ2v) is 8.87. The van der Waals surface area contributed by atoms with E-state index in [9.17, 15) is 4.79 Å². The second-order valence-electron chi connectivity index (χ2n) is 4.72. The molecule has 0 saturated carbocycles. The van der Waals surface area contributed by atoms with Gasteiger partial charge in [0.1, 0.15) is 0 Å². The zero-order chi connectivity index (χ0) is 14.9. The van der Waals surface area contributed by atoms with E-state index in [1.165, 1.54) is 4.90 Å². The van der Waals surface area contributed by atoms with Gasteiger partial charge in [-0.15, -0.1) is 0 Å².